The molecule has 3 rings (SSSR count). The van der Waals surface area contributed by atoms with Crippen LogP contribution >= 0.6 is 0 Å². The second kappa shape index (κ2) is 4.39. The lowest BCUT2D eigenvalue weighted by Gasteiger charge is -2.19. The predicted molar refractivity (Wildman–Crippen MR) is 72.9 cm³/mol. The average molecular weight is 320 g/mol. The summed E-state index contributed by atoms with van der Waals surface area (Å²) in [6.45, 7) is 0. The van der Waals surface area contributed by atoms with E-state index in [1.165, 1.54) is 18.2 Å². The molecule has 7 nitrogen and oxygen atoms in total. The maximum Gasteiger partial charge on any atom is 0.294 e. The highest BCUT2D eigenvalue weighted by molar-refractivity contribution is 7.85. The molecule has 22 heavy (non-hydrogen) atoms. The van der Waals surface area contributed by atoms with Crippen LogP contribution in [0, 0.1) is 0 Å². The first-order valence-corrected chi connectivity index (χ1v) is 7.41. The quantitative estimate of drug-likeness (QED) is 0.573. The van der Waals surface area contributed by atoms with Gasteiger partial charge in [0, 0.05) is 17.2 Å². The third-order valence-electron chi connectivity index (χ3n) is 3.37. The number of hydrogen-bond acceptors (Lipinski definition) is 6. The molecule has 0 bridgehead atoms. The molecule has 0 aromatic heterocycles. The summed E-state index contributed by atoms with van der Waals surface area (Å²) in [5.41, 5.74) is -1.12. The Kier molecular flexibility index (Phi) is 2.84. The fraction of sp³-hybridized carbons (Fsp3) is 0. The molecule has 0 aliphatic heterocycles. The fourth-order valence-electron chi connectivity index (χ4n) is 2.40. The summed E-state index contributed by atoms with van der Waals surface area (Å²) in [6, 6.07) is 5.37. The van der Waals surface area contributed by atoms with E-state index in [0.29, 0.717) is 6.07 Å². The molecule has 0 unspecified atom stereocenters. The minimum atomic E-state index is -4.67. The number of phenolic OH excluding ortho intramolecular Hbond substituents is 2. The molecule has 0 amide bonds. The number of carbonyl (C=O) groups excluding carboxylic acids is 2. The zero-order valence-corrected chi connectivity index (χ0v) is 11.6. The van der Waals surface area contributed by atoms with Crippen molar-refractivity contribution in [2.24, 2.45) is 0 Å². The van der Waals surface area contributed by atoms with E-state index in [2.05, 4.69) is 0 Å². The molecule has 8 heteroatoms. The maximum atomic E-state index is 12.4. The van der Waals surface area contributed by atoms with Gasteiger partial charge in [0.2, 0.25) is 0 Å². The van der Waals surface area contributed by atoms with Gasteiger partial charge in [-0.2, -0.15) is 8.42 Å². The number of carbonyl (C=O) groups is 2. The number of hydrogen-bond donors (Lipinski definition) is 3. The Morgan fingerprint density at radius 2 is 1.41 bits per heavy atom. The van der Waals surface area contributed by atoms with Crippen LogP contribution in [0.1, 0.15) is 31.8 Å². The van der Waals surface area contributed by atoms with Crippen molar-refractivity contribution in [2.75, 3.05) is 0 Å². The molecule has 112 valence electrons. The Balaban J connectivity index is 2.38. The third kappa shape index (κ3) is 1.89. The third-order valence-corrected chi connectivity index (χ3v) is 4.21. The Labute approximate surface area is 124 Å². The zero-order valence-electron chi connectivity index (χ0n) is 10.8. The van der Waals surface area contributed by atoms with E-state index in [1.54, 1.807) is 0 Å². The predicted octanol–water partition coefficient (Wildman–Crippen LogP) is 1.12. The zero-order chi connectivity index (χ0) is 16.2. The molecule has 0 spiro atoms. The second-order valence-corrected chi connectivity index (χ2v) is 6.12. The molecule has 0 atom stereocenters. The van der Waals surface area contributed by atoms with Crippen molar-refractivity contribution in [3.63, 3.8) is 0 Å². The molecule has 0 saturated heterocycles. The van der Waals surface area contributed by atoms with Crippen LogP contribution in [0.2, 0.25) is 0 Å². The molecule has 0 radical (unpaired) electrons. The molecule has 0 saturated carbocycles. The molecule has 2 aromatic carbocycles. The van der Waals surface area contributed by atoms with E-state index in [9.17, 15) is 28.2 Å². The van der Waals surface area contributed by atoms with E-state index in [0.717, 1.165) is 6.07 Å². The van der Waals surface area contributed by atoms with Crippen LogP contribution < -0.4 is 0 Å². The van der Waals surface area contributed by atoms with Crippen LogP contribution in [0.15, 0.2) is 35.2 Å². The fourth-order valence-corrected chi connectivity index (χ4v) is 2.93. The highest BCUT2D eigenvalue weighted by Crippen LogP contribution is 2.37. The lowest BCUT2D eigenvalue weighted by molar-refractivity contribution is 0.0974. The van der Waals surface area contributed by atoms with Crippen molar-refractivity contribution >= 4 is 21.7 Å². The van der Waals surface area contributed by atoms with Gasteiger partial charge in [-0.3, -0.25) is 14.1 Å². The van der Waals surface area contributed by atoms with Gasteiger partial charge in [0.05, 0.1) is 16.0 Å². The van der Waals surface area contributed by atoms with Gasteiger partial charge in [-0.05, 0) is 12.1 Å². The van der Waals surface area contributed by atoms with Crippen LogP contribution in [0.25, 0.3) is 0 Å². The SMILES string of the molecule is O=C1c2cc(S(=O)(=O)O)cc(O)c2C(=O)c2cccc(O)c21. The Hall–Kier alpha value is -2.71. The largest absolute Gasteiger partial charge is 0.507 e. The van der Waals surface area contributed by atoms with Gasteiger partial charge in [-0.1, -0.05) is 12.1 Å². The number of rotatable bonds is 1. The number of ketones is 2. The van der Waals surface area contributed by atoms with Gasteiger partial charge in [-0.15, -0.1) is 0 Å². The highest BCUT2D eigenvalue weighted by Gasteiger charge is 2.35. The summed E-state index contributed by atoms with van der Waals surface area (Å²) in [5, 5.41) is 19.6. The normalized spacial score (nSPS) is 13.7. The maximum absolute atomic E-state index is 12.4. The monoisotopic (exact) mass is 320 g/mol. The van der Waals surface area contributed by atoms with Gasteiger partial charge >= 0.3 is 0 Å². The Morgan fingerprint density at radius 1 is 0.818 bits per heavy atom. The molecular formula is C14H8O7S. The van der Waals surface area contributed by atoms with Gasteiger partial charge in [0.15, 0.2) is 11.6 Å². The number of aromatic hydroxyl groups is 2. The first-order chi connectivity index (χ1) is 10.2. The van der Waals surface area contributed by atoms with E-state index in [-0.39, 0.29) is 16.7 Å². The van der Waals surface area contributed by atoms with Crippen molar-refractivity contribution in [3.8, 4) is 11.5 Å². The van der Waals surface area contributed by atoms with E-state index >= 15 is 0 Å². The second-order valence-electron chi connectivity index (χ2n) is 4.70. The summed E-state index contributed by atoms with van der Waals surface area (Å²) < 4.78 is 31.4. The summed E-state index contributed by atoms with van der Waals surface area (Å²) in [4.78, 5) is 24.0. The van der Waals surface area contributed by atoms with Crippen LogP contribution in [0.5, 0.6) is 11.5 Å². The van der Waals surface area contributed by atoms with Crippen molar-refractivity contribution in [3.05, 3.63) is 52.6 Å². The molecule has 0 heterocycles. The van der Waals surface area contributed by atoms with Gasteiger partial charge < -0.3 is 10.2 Å². The Bertz CT molecular complexity index is 957. The average Bonchev–Trinajstić information content (AvgIpc) is 2.42. The van der Waals surface area contributed by atoms with Gasteiger partial charge in [-0.25, -0.2) is 0 Å². The highest BCUT2D eigenvalue weighted by atomic mass is 32.2. The van der Waals surface area contributed by atoms with Crippen LogP contribution in [0.3, 0.4) is 0 Å². The van der Waals surface area contributed by atoms with Crippen LogP contribution in [-0.4, -0.2) is 34.8 Å². The van der Waals surface area contributed by atoms with Crippen molar-refractivity contribution < 1.29 is 32.8 Å². The summed E-state index contributed by atoms with van der Waals surface area (Å²) in [7, 11) is -4.67. The van der Waals surface area contributed by atoms with E-state index in [1.807, 2.05) is 0 Å². The summed E-state index contributed by atoms with van der Waals surface area (Å²) in [5.74, 6) is -2.71. The smallest absolute Gasteiger partial charge is 0.294 e. The molecule has 1 aliphatic carbocycles. The van der Waals surface area contributed by atoms with Crippen molar-refractivity contribution in [1.82, 2.24) is 0 Å². The molecule has 0 fully saturated rings. The van der Waals surface area contributed by atoms with E-state index < -0.39 is 43.6 Å². The summed E-state index contributed by atoms with van der Waals surface area (Å²) in [6.07, 6.45) is 0. The van der Waals surface area contributed by atoms with Gasteiger partial charge in [0.25, 0.3) is 10.1 Å². The number of fused-ring (bicyclic) bond motifs is 2. The van der Waals surface area contributed by atoms with Crippen LogP contribution in [-0.2, 0) is 10.1 Å². The van der Waals surface area contributed by atoms with Crippen molar-refractivity contribution in [1.29, 1.82) is 0 Å². The summed E-state index contributed by atoms with van der Waals surface area (Å²) >= 11 is 0. The van der Waals surface area contributed by atoms with Crippen LogP contribution in [0.4, 0.5) is 0 Å². The molecule has 2 aromatic rings. The molecule has 3 N–H and O–H groups in total. The standard InChI is InChI=1S/C14H8O7S/c15-9-3-1-2-7-11(9)14(18)8-4-6(22(19,20)21)5-10(16)12(8)13(7)17/h1-5,15-16H,(H,19,20,21). The molecular weight excluding hydrogens is 312 g/mol. The van der Waals surface area contributed by atoms with Crippen molar-refractivity contribution in [2.45, 2.75) is 4.90 Å². The topological polar surface area (TPSA) is 129 Å². The number of phenols is 2. The minimum absolute atomic E-state index is 0.0904. The first-order valence-electron chi connectivity index (χ1n) is 5.97. The lowest BCUT2D eigenvalue weighted by atomic mass is 9.83. The minimum Gasteiger partial charge on any atom is -0.507 e. The van der Waals surface area contributed by atoms with Gasteiger partial charge in [0.1, 0.15) is 11.5 Å². The number of benzene rings is 2. The van der Waals surface area contributed by atoms with E-state index in [4.69, 9.17) is 4.55 Å². The Morgan fingerprint density at radius 3 is 2.05 bits per heavy atom. The first kappa shape index (κ1) is 14.2. The lowest BCUT2D eigenvalue weighted by Crippen LogP contribution is -2.21. The molecule has 1 aliphatic rings.